The van der Waals surface area contributed by atoms with E-state index in [1.165, 1.54) is 10.7 Å². The number of rotatable bonds is 5. The van der Waals surface area contributed by atoms with E-state index in [1.54, 1.807) is 19.2 Å². The van der Waals surface area contributed by atoms with Crippen LogP contribution < -0.4 is 5.32 Å². The van der Waals surface area contributed by atoms with Crippen molar-refractivity contribution < 1.29 is 4.39 Å². The van der Waals surface area contributed by atoms with Crippen molar-refractivity contribution in [2.75, 3.05) is 6.54 Å². The van der Waals surface area contributed by atoms with Crippen molar-refractivity contribution in [2.24, 2.45) is 0 Å². The van der Waals surface area contributed by atoms with Crippen LogP contribution in [0, 0.1) is 12.7 Å². The topological polar surface area (TPSA) is 29.9 Å². The van der Waals surface area contributed by atoms with Gasteiger partial charge in [-0.15, -0.1) is 0 Å². The van der Waals surface area contributed by atoms with Gasteiger partial charge in [-0.25, -0.2) is 9.07 Å². The predicted octanol–water partition coefficient (Wildman–Crippen LogP) is 4.03. The Labute approximate surface area is 123 Å². The molecule has 5 heteroatoms. The fourth-order valence-corrected chi connectivity index (χ4v) is 2.28. The summed E-state index contributed by atoms with van der Waals surface area (Å²) in [5.41, 5.74) is 2.02. The molecule has 0 bridgehead atoms. The maximum atomic E-state index is 14.2. The summed E-state index contributed by atoms with van der Waals surface area (Å²) in [4.78, 5) is 0. The first-order chi connectivity index (χ1) is 9.54. The van der Waals surface area contributed by atoms with E-state index in [9.17, 15) is 4.39 Å². The number of hydrogen-bond acceptors (Lipinski definition) is 2. The van der Waals surface area contributed by atoms with Gasteiger partial charge in [0.25, 0.3) is 0 Å². The molecule has 1 N–H and O–H groups in total. The minimum atomic E-state index is -0.299. The van der Waals surface area contributed by atoms with E-state index in [4.69, 9.17) is 11.6 Å². The van der Waals surface area contributed by atoms with Gasteiger partial charge in [0.15, 0.2) is 0 Å². The Morgan fingerprint density at radius 3 is 2.80 bits per heavy atom. The highest BCUT2D eigenvalue weighted by Gasteiger charge is 2.17. The summed E-state index contributed by atoms with van der Waals surface area (Å²) in [5.74, 6) is -0.299. The number of para-hydroxylation sites is 1. The average molecular weight is 296 g/mol. The van der Waals surface area contributed by atoms with Crippen LogP contribution in [0.25, 0.3) is 5.69 Å². The second kappa shape index (κ2) is 6.37. The highest BCUT2D eigenvalue weighted by Crippen LogP contribution is 2.26. The van der Waals surface area contributed by atoms with E-state index in [0.29, 0.717) is 16.4 Å². The predicted molar refractivity (Wildman–Crippen MR) is 80.0 cm³/mol. The minimum absolute atomic E-state index is 0.0453. The normalized spacial score (nSPS) is 12.7. The number of nitrogens with zero attached hydrogens (tertiary/aromatic N) is 2. The first-order valence-electron chi connectivity index (χ1n) is 6.78. The van der Waals surface area contributed by atoms with Crippen LogP contribution in [-0.2, 0) is 0 Å². The molecule has 0 aliphatic carbocycles. The monoisotopic (exact) mass is 295 g/mol. The van der Waals surface area contributed by atoms with Crippen LogP contribution in [-0.4, -0.2) is 16.3 Å². The molecule has 2 aromatic rings. The van der Waals surface area contributed by atoms with Crippen LogP contribution in [0.4, 0.5) is 4.39 Å². The number of aromatic nitrogens is 2. The average Bonchev–Trinajstić information content (AvgIpc) is 2.75. The van der Waals surface area contributed by atoms with Crippen LogP contribution in [0.1, 0.15) is 37.6 Å². The van der Waals surface area contributed by atoms with Crippen LogP contribution in [0.3, 0.4) is 0 Å². The lowest BCUT2D eigenvalue weighted by molar-refractivity contribution is 0.553. The number of aryl methyl sites for hydroxylation is 1. The third-order valence-electron chi connectivity index (χ3n) is 3.25. The van der Waals surface area contributed by atoms with Crippen molar-refractivity contribution in [3.63, 3.8) is 0 Å². The fraction of sp³-hybridized carbons (Fsp3) is 0.400. The second-order valence-corrected chi connectivity index (χ2v) is 5.27. The van der Waals surface area contributed by atoms with Crippen molar-refractivity contribution in [3.05, 3.63) is 46.5 Å². The maximum Gasteiger partial charge on any atom is 0.149 e. The number of hydrogen-bond donors (Lipinski definition) is 1. The molecule has 3 nitrogen and oxygen atoms in total. The lowest BCUT2D eigenvalue weighted by Gasteiger charge is -2.18. The van der Waals surface area contributed by atoms with Gasteiger partial charge >= 0.3 is 0 Å². The molecule has 20 heavy (non-hydrogen) atoms. The van der Waals surface area contributed by atoms with Gasteiger partial charge in [0, 0.05) is 12.2 Å². The van der Waals surface area contributed by atoms with Gasteiger partial charge in [-0.05, 0) is 38.4 Å². The molecule has 0 saturated carbocycles. The van der Waals surface area contributed by atoms with Gasteiger partial charge in [-0.3, -0.25) is 0 Å². The molecule has 0 fully saturated rings. The van der Waals surface area contributed by atoms with E-state index in [0.717, 1.165) is 18.5 Å². The summed E-state index contributed by atoms with van der Waals surface area (Å²) in [5, 5.41) is 8.18. The van der Waals surface area contributed by atoms with E-state index in [1.807, 2.05) is 13.0 Å². The zero-order valence-electron chi connectivity index (χ0n) is 12.0. The van der Waals surface area contributed by atoms with Crippen molar-refractivity contribution in [2.45, 2.75) is 33.2 Å². The summed E-state index contributed by atoms with van der Waals surface area (Å²) >= 11 is 6.03. The van der Waals surface area contributed by atoms with Crippen LogP contribution >= 0.6 is 11.6 Å². The molecule has 1 aromatic carbocycles. The molecule has 0 spiro atoms. The van der Waals surface area contributed by atoms with Gasteiger partial charge in [0.2, 0.25) is 0 Å². The molecular formula is C15H19ClFN3. The summed E-state index contributed by atoms with van der Waals surface area (Å²) in [6.45, 7) is 6.81. The van der Waals surface area contributed by atoms with Gasteiger partial charge in [0.05, 0.1) is 10.7 Å². The summed E-state index contributed by atoms with van der Waals surface area (Å²) in [7, 11) is 0. The Hall–Kier alpha value is -1.39. The van der Waals surface area contributed by atoms with Crippen LogP contribution in [0.2, 0.25) is 5.02 Å². The molecule has 0 aliphatic rings. The summed E-state index contributed by atoms with van der Waals surface area (Å²) in [6, 6.07) is 5.12. The van der Waals surface area contributed by atoms with E-state index >= 15 is 0 Å². The van der Waals surface area contributed by atoms with Gasteiger partial charge in [-0.2, -0.15) is 5.10 Å². The van der Waals surface area contributed by atoms with E-state index in [-0.39, 0.29) is 11.9 Å². The highest BCUT2D eigenvalue weighted by atomic mass is 35.5. The Morgan fingerprint density at radius 1 is 1.45 bits per heavy atom. The zero-order valence-corrected chi connectivity index (χ0v) is 12.7. The molecule has 108 valence electrons. The summed E-state index contributed by atoms with van der Waals surface area (Å²) in [6.07, 6.45) is 2.67. The standard InChI is InChI=1S/C15H19ClFN3/c1-4-8-18-10(2)12-6-5-7-14(17)15(12)20-9-13(16)11(3)19-20/h5-7,9-10,18H,4,8H2,1-3H3. The van der Waals surface area contributed by atoms with Gasteiger partial charge < -0.3 is 5.32 Å². The number of nitrogens with one attached hydrogen (secondary N) is 1. The molecular weight excluding hydrogens is 277 g/mol. The van der Waals surface area contributed by atoms with Crippen molar-refractivity contribution >= 4 is 11.6 Å². The second-order valence-electron chi connectivity index (χ2n) is 4.86. The highest BCUT2D eigenvalue weighted by molar-refractivity contribution is 6.31. The molecule has 0 radical (unpaired) electrons. The Bertz CT molecular complexity index is 575. The van der Waals surface area contributed by atoms with Crippen LogP contribution in [0.15, 0.2) is 24.4 Å². The molecule has 0 aliphatic heterocycles. The first kappa shape index (κ1) is 15.0. The molecule has 1 atom stereocenters. The first-order valence-corrected chi connectivity index (χ1v) is 7.16. The van der Waals surface area contributed by atoms with E-state index < -0.39 is 0 Å². The summed E-state index contributed by atoms with van der Waals surface area (Å²) < 4.78 is 15.7. The van der Waals surface area contributed by atoms with Crippen molar-refractivity contribution in [3.8, 4) is 5.69 Å². The van der Waals surface area contributed by atoms with Crippen LogP contribution in [0.5, 0.6) is 0 Å². The Balaban J connectivity index is 2.45. The van der Waals surface area contributed by atoms with E-state index in [2.05, 4.69) is 17.3 Å². The number of halogens is 2. The maximum absolute atomic E-state index is 14.2. The third kappa shape index (κ3) is 3.02. The Morgan fingerprint density at radius 2 is 2.20 bits per heavy atom. The molecule has 1 unspecified atom stereocenters. The quantitative estimate of drug-likeness (QED) is 0.902. The zero-order chi connectivity index (χ0) is 14.7. The largest absolute Gasteiger partial charge is 0.310 e. The molecule has 0 saturated heterocycles. The molecule has 1 aromatic heterocycles. The van der Waals surface area contributed by atoms with Crippen molar-refractivity contribution in [1.82, 2.24) is 15.1 Å². The Kier molecular flexibility index (Phi) is 4.78. The third-order valence-corrected chi connectivity index (χ3v) is 3.62. The molecule has 2 rings (SSSR count). The fourth-order valence-electron chi connectivity index (χ4n) is 2.15. The van der Waals surface area contributed by atoms with Gasteiger partial charge in [0.1, 0.15) is 11.5 Å². The van der Waals surface area contributed by atoms with Gasteiger partial charge in [-0.1, -0.05) is 30.7 Å². The minimum Gasteiger partial charge on any atom is -0.310 e. The lowest BCUT2D eigenvalue weighted by atomic mass is 10.1. The molecule has 1 heterocycles. The smallest absolute Gasteiger partial charge is 0.149 e. The lowest BCUT2D eigenvalue weighted by Crippen LogP contribution is -2.21. The number of benzene rings is 1. The van der Waals surface area contributed by atoms with Crippen molar-refractivity contribution in [1.29, 1.82) is 0 Å². The molecule has 0 amide bonds. The SMILES string of the molecule is CCCNC(C)c1cccc(F)c1-n1cc(Cl)c(C)n1.